The second-order valence-electron chi connectivity index (χ2n) is 6.49. The second-order valence-corrected chi connectivity index (χ2v) is 6.49. The average molecular weight is 431 g/mol. The van der Waals surface area contributed by atoms with Crippen LogP contribution in [0.2, 0.25) is 0 Å². The SMILES string of the molecule is O=C(c1cccc(OC(F)F)c1)N1CCOC(COc2cccc(C(F)(F)F)c2)C1. The summed E-state index contributed by atoms with van der Waals surface area (Å²) in [4.78, 5) is 14.1. The Labute approximate surface area is 168 Å². The molecule has 1 aliphatic rings. The van der Waals surface area contributed by atoms with Gasteiger partial charge in [0.15, 0.2) is 0 Å². The van der Waals surface area contributed by atoms with Gasteiger partial charge in [-0.25, -0.2) is 0 Å². The predicted molar refractivity (Wildman–Crippen MR) is 95.7 cm³/mol. The van der Waals surface area contributed by atoms with Crippen LogP contribution in [0, 0.1) is 0 Å². The third kappa shape index (κ3) is 5.82. The largest absolute Gasteiger partial charge is 0.491 e. The standard InChI is InChI=1S/C20H18F5NO4/c21-19(22)30-16-6-1-3-13(9-16)18(27)26-7-8-28-17(11-26)12-29-15-5-2-4-14(10-15)20(23,24)25/h1-6,9-10,17,19H,7-8,11-12H2. The molecule has 2 aromatic carbocycles. The summed E-state index contributed by atoms with van der Waals surface area (Å²) in [5.74, 6) is -0.496. The van der Waals surface area contributed by atoms with E-state index < -0.39 is 30.4 Å². The number of ether oxygens (including phenoxy) is 3. The van der Waals surface area contributed by atoms with Crippen molar-refractivity contribution >= 4 is 5.91 Å². The van der Waals surface area contributed by atoms with Crippen LogP contribution in [0.15, 0.2) is 48.5 Å². The molecular weight excluding hydrogens is 413 g/mol. The number of hydrogen-bond donors (Lipinski definition) is 0. The normalized spacial score (nSPS) is 17.1. The van der Waals surface area contributed by atoms with Crippen LogP contribution in [0.25, 0.3) is 0 Å². The molecule has 1 aliphatic heterocycles. The average Bonchev–Trinajstić information content (AvgIpc) is 2.71. The van der Waals surface area contributed by atoms with Crippen LogP contribution >= 0.6 is 0 Å². The lowest BCUT2D eigenvalue weighted by Gasteiger charge is -2.33. The molecule has 1 heterocycles. The first-order valence-corrected chi connectivity index (χ1v) is 8.98. The van der Waals surface area contributed by atoms with Gasteiger partial charge >= 0.3 is 12.8 Å². The maximum atomic E-state index is 12.8. The van der Waals surface area contributed by atoms with Crippen LogP contribution in [-0.4, -0.2) is 49.8 Å². The van der Waals surface area contributed by atoms with Gasteiger partial charge in [-0.2, -0.15) is 22.0 Å². The lowest BCUT2D eigenvalue weighted by atomic mass is 10.1. The van der Waals surface area contributed by atoms with Crippen molar-refractivity contribution in [1.29, 1.82) is 0 Å². The molecule has 0 aliphatic carbocycles. The summed E-state index contributed by atoms with van der Waals surface area (Å²) in [6.45, 7) is -2.44. The van der Waals surface area contributed by atoms with Gasteiger partial charge in [0.05, 0.1) is 18.7 Å². The highest BCUT2D eigenvalue weighted by Crippen LogP contribution is 2.31. The monoisotopic (exact) mass is 431 g/mol. The topological polar surface area (TPSA) is 48.0 Å². The van der Waals surface area contributed by atoms with Crippen LogP contribution in [0.5, 0.6) is 11.5 Å². The van der Waals surface area contributed by atoms with Gasteiger partial charge in [0, 0.05) is 12.1 Å². The van der Waals surface area contributed by atoms with E-state index in [4.69, 9.17) is 9.47 Å². The van der Waals surface area contributed by atoms with E-state index in [9.17, 15) is 26.7 Å². The number of morpholine rings is 1. The van der Waals surface area contributed by atoms with E-state index in [2.05, 4.69) is 4.74 Å². The van der Waals surface area contributed by atoms with Crippen LogP contribution in [0.1, 0.15) is 15.9 Å². The van der Waals surface area contributed by atoms with E-state index >= 15 is 0 Å². The summed E-state index contributed by atoms with van der Waals surface area (Å²) in [6, 6.07) is 9.91. The Kier molecular flexibility index (Phi) is 6.76. The quantitative estimate of drug-likeness (QED) is 0.643. The summed E-state index contributed by atoms with van der Waals surface area (Å²) < 4.78 is 78.3. The smallest absolute Gasteiger partial charge is 0.416 e. The number of hydrogen-bond acceptors (Lipinski definition) is 4. The molecule has 1 atom stereocenters. The molecule has 0 bridgehead atoms. The summed E-state index contributed by atoms with van der Waals surface area (Å²) in [5.41, 5.74) is -0.653. The molecule has 0 radical (unpaired) electrons. The fourth-order valence-electron chi connectivity index (χ4n) is 2.94. The highest BCUT2D eigenvalue weighted by molar-refractivity contribution is 5.94. The van der Waals surface area contributed by atoms with Gasteiger partial charge in [0.2, 0.25) is 0 Å². The lowest BCUT2D eigenvalue weighted by molar-refractivity contribution is -0.137. The van der Waals surface area contributed by atoms with Crippen molar-refractivity contribution in [3.8, 4) is 11.5 Å². The van der Waals surface area contributed by atoms with E-state index in [-0.39, 0.29) is 43.4 Å². The molecule has 5 nitrogen and oxygen atoms in total. The Bertz CT molecular complexity index is 874. The minimum absolute atomic E-state index is 0.0359. The lowest BCUT2D eigenvalue weighted by Crippen LogP contribution is -2.47. The molecule has 30 heavy (non-hydrogen) atoms. The zero-order valence-electron chi connectivity index (χ0n) is 15.6. The van der Waals surface area contributed by atoms with E-state index in [0.717, 1.165) is 12.1 Å². The fraction of sp³-hybridized carbons (Fsp3) is 0.350. The molecule has 1 fully saturated rings. The Morgan fingerprint density at radius 2 is 1.87 bits per heavy atom. The first kappa shape index (κ1) is 21.8. The van der Waals surface area contributed by atoms with E-state index in [1.54, 1.807) is 0 Å². The zero-order chi connectivity index (χ0) is 21.7. The zero-order valence-corrected chi connectivity index (χ0v) is 15.6. The van der Waals surface area contributed by atoms with Gasteiger partial charge in [-0.15, -0.1) is 0 Å². The van der Waals surface area contributed by atoms with Crippen molar-refractivity contribution in [1.82, 2.24) is 4.90 Å². The van der Waals surface area contributed by atoms with Crippen LogP contribution < -0.4 is 9.47 Å². The minimum Gasteiger partial charge on any atom is -0.491 e. The van der Waals surface area contributed by atoms with Crippen molar-refractivity contribution in [2.24, 2.45) is 0 Å². The summed E-state index contributed by atoms with van der Waals surface area (Å²) in [7, 11) is 0. The Balaban J connectivity index is 1.60. The summed E-state index contributed by atoms with van der Waals surface area (Å²) in [5, 5.41) is 0. The molecule has 0 N–H and O–H groups in total. The number of carbonyl (C=O) groups is 1. The number of rotatable bonds is 6. The number of amides is 1. The van der Waals surface area contributed by atoms with Gasteiger partial charge in [-0.1, -0.05) is 12.1 Å². The molecule has 2 aromatic rings. The Morgan fingerprint density at radius 3 is 2.60 bits per heavy atom. The summed E-state index contributed by atoms with van der Waals surface area (Å²) >= 11 is 0. The number of alkyl halides is 5. The first-order valence-electron chi connectivity index (χ1n) is 8.98. The van der Waals surface area contributed by atoms with Gasteiger partial charge in [-0.3, -0.25) is 4.79 Å². The van der Waals surface area contributed by atoms with E-state index in [0.29, 0.717) is 0 Å². The van der Waals surface area contributed by atoms with Crippen LogP contribution in [0.4, 0.5) is 22.0 Å². The molecule has 162 valence electrons. The van der Waals surface area contributed by atoms with Crippen molar-refractivity contribution < 1.29 is 41.0 Å². The third-order valence-corrected chi connectivity index (χ3v) is 4.33. The highest BCUT2D eigenvalue weighted by atomic mass is 19.4. The molecule has 0 saturated carbocycles. The number of benzene rings is 2. The van der Waals surface area contributed by atoms with Gasteiger partial charge in [0.25, 0.3) is 5.91 Å². The molecule has 0 spiro atoms. The van der Waals surface area contributed by atoms with E-state index in [1.807, 2.05) is 0 Å². The number of carbonyl (C=O) groups excluding carboxylic acids is 1. The molecule has 10 heteroatoms. The Morgan fingerprint density at radius 1 is 1.13 bits per heavy atom. The first-order chi connectivity index (χ1) is 14.2. The highest BCUT2D eigenvalue weighted by Gasteiger charge is 2.31. The van der Waals surface area contributed by atoms with Crippen molar-refractivity contribution in [2.45, 2.75) is 18.9 Å². The maximum absolute atomic E-state index is 12.8. The van der Waals surface area contributed by atoms with Gasteiger partial charge in [0.1, 0.15) is 24.2 Å². The molecule has 0 aromatic heterocycles. The number of halogens is 5. The predicted octanol–water partition coefficient (Wildman–Crippen LogP) is 4.23. The van der Waals surface area contributed by atoms with Crippen LogP contribution in [0.3, 0.4) is 0 Å². The van der Waals surface area contributed by atoms with Gasteiger partial charge < -0.3 is 19.1 Å². The van der Waals surface area contributed by atoms with Crippen molar-refractivity contribution in [3.05, 3.63) is 59.7 Å². The minimum atomic E-state index is -4.48. The molecule has 3 rings (SSSR count). The maximum Gasteiger partial charge on any atom is 0.416 e. The second kappa shape index (κ2) is 9.29. The number of nitrogens with zero attached hydrogens (tertiary/aromatic N) is 1. The molecule has 1 unspecified atom stereocenters. The van der Waals surface area contributed by atoms with Gasteiger partial charge in [-0.05, 0) is 36.4 Å². The molecule has 1 saturated heterocycles. The van der Waals surface area contributed by atoms with E-state index in [1.165, 1.54) is 41.3 Å². The fourth-order valence-corrected chi connectivity index (χ4v) is 2.94. The molecular formula is C20H18F5NO4. The third-order valence-electron chi connectivity index (χ3n) is 4.33. The summed E-state index contributed by atoms with van der Waals surface area (Å²) in [6.07, 6.45) is -5.04. The van der Waals surface area contributed by atoms with Crippen LogP contribution in [-0.2, 0) is 10.9 Å². The Hall–Kier alpha value is -2.88. The van der Waals surface area contributed by atoms with Crippen molar-refractivity contribution in [2.75, 3.05) is 26.3 Å². The molecule has 1 amide bonds. The van der Waals surface area contributed by atoms with Crippen molar-refractivity contribution in [3.63, 3.8) is 0 Å².